The van der Waals surface area contributed by atoms with Crippen molar-refractivity contribution >= 4 is 34.3 Å². The van der Waals surface area contributed by atoms with Gasteiger partial charge in [0.05, 0.1) is 3.57 Å². The van der Waals surface area contributed by atoms with Crippen LogP contribution in [0, 0.1) is 3.57 Å². The fraction of sp³-hybridized carbons (Fsp3) is 0.294. The number of amides is 1. The Labute approximate surface area is 148 Å². The molecule has 0 saturated carbocycles. The highest BCUT2D eigenvalue weighted by molar-refractivity contribution is 14.1. The zero-order chi connectivity index (χ0) is 16.2. The molecule has 1 amide bonds. The molecular weight excluding hydrogens is 407 g/mol. The average Bonchev–Trinajstić information content (AvgIpc) is 3.24. The molecule has 0 atom stereocenters. The van der Waals surface area contributed by atoms with Crippen LogP contribution in [-0.2, 0) is 0 Å². The van der Waals surface area contributed by atoms with Gasteiger partial charge in [0.15, 0.2) is 6.61 Å². The summed E-state index contributed by atoms with van der Waals surface area (Å²) in [6, 6.07) is 9.14. The summed E-state index contributed by atoms with van der Waals surface area (Å²) >= 11 is 2.16. The number of halogens is 1. The van der Waals surface area contributed by atoms with Crippen molar-refractivity contribution in [3.05, 3.63) is 51.4 Å². The minimum absolute atomic E-state index is 0.0416. The van der Waals surface area contributed by atoms with Crippen molar-refractivity contribution in [1.82, 2.24) is 9.88 Å². The molecule has 120 valence electrons. The van der Waals surface area contributed by atoms with E-state index in [0.717, 1.165) is 29.5 Å². The Kier molecular flexibility index (Phi) is 5.00. The maximum Gasteiger partial charge on any atom is 0.270 e. The molecule has 3 rings (SSSR count). The van der Waals surface area contributed by atoms with Crippen LogP contribution in [0.15, 0.2) is 36.5 Å². The van der Waals surface area contributed by atoms with Crippen LogP contribution in [0.25, 0.3) is 0 Å². The lowest BCUT2D eigenvalue weighted by Gasteiger charge is -2.13. The van der Waals surface area contributed by atoms with Crippen LogP contribution >= 0.6 is 22.6 Å². The highest BCUT2D eigenvalue weighted by Crippen LogP contribution is 2.20. The van der Waals surface area contributed by atoms with Gasteiger partial charge in [0.1, 0.15) is 11.4 Å². The lowest BCUT2D eigenvalue weighted by atomic mass is 10.2. The van der Waals surface area contributed by atoms with Gasteiger partial charge in [-0.05, 0) is 53.6 Å². The van der Waals surface area contributed by atoms with Gasteiger partial charge in [-0.3, -0.25) is 9.59 Å². The molecule has 5 nitrogen and oxygen atoms in total. The third-order valence-corrected chi connectivity index (χ3v) is 4.72. The van der Waals surface area contributed by atoms with E-state index < -0.39 is 0 Å². The number of hydrogen-bond donors (Lipinski definition) is 1. The number of ether oxygens (including phenoxy) is 1. The van der Waals surface area contributed by atoms with Crippen LogP contribution in [0.1, 0.15) is 33.7 Å². The highest BCUT2D eigenvalue weighted by atomic mass is 127. The Morgan fingerprint density at radius 3 is 2.70 bits per heavy atom. The maximum absolute atomic E-state index is 12.3. The van der Waals surface area contributed by atoms with Crippen molar-refractivity contribution in [2.45, 2.75) is 12.8 Å². The number of hydrogen-bond acceptors (Lipinski definition) is 3. The molecular formula is C17H17IN2O3. The second kappa shape index (κ2) is 7.16. The van der Waals surface area contributed by atoms with Gasteiger partial charge in [0.25, 0.3) is 5.91 Å². The van der Waals surface area contributed by atoms with Crippen LogP contribution in [0.2, 0.25) is 0 Å². The molecule has 23 heavy (non-hydrogen) atoms. The number of carbonyl (C=O) groups is 2. The number of aromatic amines is 1. The van der Waals surface area contributed by atoms with E-state index in [1.165, 1.54) is 0 Å². The summed E-state index contributed by atoms with van der Waals surface area (Å²) < 4.78 is 6.51. The normalized spacial score (nSPS) is 14.0. The van der Waals surface area contributed by atoms with Crippen molar-refractivity contribution in [3.8, 4) is 5.75 Å². The number of H-pyrrole nitrogens is 1. The van der Waals surface area contributed by atoms with Gasteiger partial charge in [-0.2, -0.15) is 0 Å². The Balaban J connectivity index is 1.62. The van der Waals surface area contributed by atoms with Crippen molar-refractivity contribution < 1.29 is 14.3 Å². The average molecular weight is 424 g/mol. The summed E-state index contributed by atoms with van der Waals surface area (Å²) in [6.07, 6.45) is 3.66. The summed E-state index contributed by atoms with van der Waals surface area (Å²) in [7, 11) is 0. The van der Waals surface area contributed by atoms with Crippen molar-refractivity contribution in [2.75, 3.05) is 19.7 Å². The molecule has 1 saturated heterocycles. The molecule has 2 aromatic rings. The van der Waals surface area contributed by atoms with E-state index in [4.69, 9.17) is 4.74 Å². The van der Waals surface area contributed by atoms with Gasteiger partial charge in [-0.15, -0.1) is 0 Å². The van der Waals surface area contributed by atoms with Gasteiger partial charge in [-0.1, -0.05) is 12.1 Å². The minimum Gasteiger partial charge on any atom is -0.484 e. The summed E-state index contributed by atoms with van der Waals surface area (Å²) in [4.78, 5) is 29.2. The molecule has 0 unspecified atom stereocenters. The number of likely N-dealkylation sites (tertiary alicyclic amines) is 1. The van der Waals surface area contributed by atoms with Crippen LogP contribution in [0.5, 0.6) is 5.75 Å². The van der Waals surface area contributed by atoms with Gasteiger partial charge in [0, 0.05) is 24.8 Å². The van der Waals surface area contributed by atoms with Crippen molar-refractivity contribution in [3.63, 3.8) is 0 Å². The Hall–Kier alpha value is -1.83. The monoisotopic (exact) mass is 424 g/mol. The van der Waals surface area contributed by atoms with E-state index in [2.05, 4.69) is 27.6 Å². The van der Waals surface area contributed by atoms with E-state index in [1.807, 2.05) is 29.2 Å². The number of nitrogens with zero attached hydrogens (tertiary/aromatic N) is 1. The summed E-state index contributed by atoms with van der Waals surface area (Å²) in [5, 5.41) is 0. The number of Topliss-reactive ketones (excluding diaryl/α,β-unsaturated/α-hetero) is 1. The quantitative estimate of drug-likeness (QED) is 0.593. The molecule has 0 spiro atoms. The molecule has 2 heterocycles. The van der Waals surface area contributed by atoms with Crippen LogP contribution < -0.4 is 4.74 Å². The van der Waals surface area contributed by atoms with Gasteiger partial charge < -0.3 is 14.6 Å². The lowest BCUT2D eigenvalue weighted by Crippen LogP contribution is -2.27. The Bertz CT molecular complexity index is 720. The van der Waals surface area contributed by atoms with E-state index in [9.17, 15) is 9.59 Å². The Morgan fingerprint density at radius 1 is 1.22 bits per heavy atom. The number of benzene rings is 1. The lowest BCUT2D eigenvalue weighted by molar-refractivity contribution is 0.0787. The third kappa shape index (κ3) is 3.74. The fourth-order valence-electron chi connectivity index (χ4n) is 2.56. The zero-order valence-corrected chi connectivity index (χ0v) is 14.7. The first kappa shape index (κ1) is 16.0. The van der Waals surface area contributed by atoms with Crippen LogP contribution in [0.3, 0.4) is 0 Å². The first-order valence-electron chi connectivity index (χ1n) is 7.53. The molecule has 1 aromatic heterocycles. The van der Waals surface area contributed by atoms with Gasteiger partial charge in [0.2, 0.25) is 5.78 Å². The SMILES string of the molecule is O=C(COc1ccccc1I)c1c[nH]c(C(=O)N2CCCC2)c1. The second-order valence-corrected chi connectivity index (χ2v) is 6.61. The number of ketones is 1. The van der Waals surface area contributed by atoms with Crippen LogP contribution in [-0.4, -0.2) is 41.3 Å². The first-order chi connectivity index (χ1) is 11.1. The zero-order valence-electron chi connectivity index (χ0n) is 12.5. The number of carbonyl (C=O) groups excluding carboxylic acids is 2. The van der Waals surface area contributed by atoms with Crippen molar-refractivity contribution in [2.24, 2.45) is 0 Å². The highest BCUT2D eigenvalue weighted by Gasteiger charge is 2.21. The van der Waals surface area contributed by atoms with E-state index in [0.29, 0.717) is 17.0 Å². The first-order valence-corrected chi connectivity index (χ1v) is 8.61. The molecule has 0 radical (unpaired) electrons. The summed E-state index contributed by atoms with van der Waals surface area (Å²) in [6.45, 7) is 1.53. The number of para-hydroxylation sites is 1. The second-order valence-electron chi connectivity index (χ2n) is 5.44. The fourth-order valence-corrected chi connectivity index (χ4v) is 3.10. The van der Waals surface area contributed by atoms with E-state index >= 15 is 0 Å². The van der Waals surface area contributed by atoms with Crippen molar-refractivity contribution in [1.29, 1.82) is 0 Å². The number of aromatic nitrogens is 1. The topological polar surface area (TPSA) is 62.4 Å². The van der Waals surface area contributed by atoms with Gasteiger partial charge in [-0.25, -0.2) is 0 Å². The Morgan fingerprint density at radius 2 is 1.96 bits per heavy atom. The standard InChI is InChI=1S/C17H17IN2O3/c18-13-5-1-2-6-16(13)23-11-15(21)12-9-14(19-10-12)17(22)20-7-3-4-8-20/h1-2,5-6,9-10,19H,3-4,7-8,11H2. The molecule has 1 aliphatic rings. The predicted molar refractivity (Wildman–Crippen MR) is 94.9 cm³/mol. The maximum atomic E-state index is 12.3. The minimum atomic E-state index is -0.152. The molecule has 0 aliphatic carbocycles. The molecule has 0 bridgehead atoms. The molecule has 1 aliphatic heterocycles. The summed E-state index contributed by atoms with van der Waals surface area (Å²) in [5.74, 6) is 0.492. The molecule has 1 fully saturated rings. The summed E-state index contributed by atoms with van der Waals surface area (Å²) in [5.41, 5.74) is 0.933. The smallest absolute Gasteiger partial charge is 0.270 e. The third-order valence-electron chi connectivity index (χ3n) is 3.82. The molecule has 6 heteroatoms. The van der Waals surface area contributed by atoms with E-state index in [1.54, 1.807) is 12.3 Å². The van der Waals surface area contributed by atoms with Crippen LogP contribution in [0.4, 0.5) is 0 Å². The predicted octanol–water partition coefficient (Wildman–Crippen LogP) is 3.12. The number of nitrogens with one attached hydrogen (secondary N) is 1. The molecule has 1 aromatic carbocycles. The van der Waals surface area contributed by atoms with E-state index in [-0.39, 0.29) is 18.3 Å². The largest absolute Gasteiger partial charge is 0.484 e. The van der Waals surface area contributed by atoms with Gasteiger partial charge >= 0.3 is 0 Å². The molecule has 1 N–H and O–H groups in total. The number of rotatable bonds is 5.